The number of hydrogen-bond donors (Lipinski definition) is 0. The second-order valence-electron chi connectivity index (χ2n) is 6.18. The Hall–Kier alpha value is -2.13. The highest BCUT2D eigenvalue weighted by Gasteiger charge is 2.24. The van der Waals surface area contributed by atoms with E-state index in [4.69, 9.17) is 0 Å². The predicted molar refractivity (Wildman–Crippen MR) is 99.3 cm³/mol. The fourth-order valence-corrected chi connectivity index (χ4v) is 3.63. The van der Waals surface area contributed by atoms with Gasteiger partial charge in [-0.15, -0.1) is 0 Å². The van der Waals surface area contributed by atoms with Crippen molar-refractivity contribution in [2.24, 2.45) is 0 Å². The quantitative estimate of drug-likeness (QED) is 0.808. The number of likely N-dealkylation sites (N-methyl/N-ethyl adjacent to an activating group) is 1. The minimum Gasteiger partial charge on any atom is -0.369 e. The van der Waals surface area contributed by atoms with Gasteiger partial charge < -0.3 is 9.80 Å². The maximum atomic E-state index is 9.19. The molecule has 2 aromatic rings. The minimum absolute atomic E-state index is 0.387. The Labute approximate surface area is 151 Å². The van der Waals surface area contributed by atoms with Crippen molar-refractivity contribution in [2.45, 2.75) is 25.8 Å². The topological polar surface area (TPSA) is 56.0 Å². The van der Waals surface area contributed by atoms with Crippen molar-refractivity contribution in [1.29, 1.82) is 5.26 Å². The summed E-state index contributed by atoms with van der Waals surface area (Å²) in [7, 11) is 2.09. The summed E-state index contributed by atoms with van der Waals surface area (Å²) in [6.07, 6.45) is 3.87. The number of nitrogens with zero attached hydrogens (tertiary/aromatic N) is 5. The van der Waals surface area contributed by atoms with Crippen molar-refractivity contribution in [3.05, 3.63) is 46.3 Å². The van der Waals surface area contributed by atoms with Gasteiger partial charge in [0.15, 0.2) is 0 Å². The van der Waals surface area contributed by atoms with Crippen molar-refractivity contribution in [2.75, 3.05) is 29.9 Å². The normalized spacial score (nSPS) is 17.4. The third kappa shape index (κ3) is 3.68. The maximum Gasteiger partial charge on any atom is 0.132 e. The summed E-state index contributed by atoms with van der Waals surface area (Å²) in [4.78, 5) is 13.2. The van der Waals surface area contributed by atoms with E-state index in [-0.39, 0.29) is 0 Å². The molecule has 0 amide bonds. The first-order chi connectivity index (χ1) is 11.6. The molecule has 1 atom stereocenters. The van der Waals surface area contributed by atoms with E-state index >= 15 is 0 Å². The average molecular weight is 386 g/mol. The molecule has 6 heteroatoms. The second kappa shape index (κ2) is 7.18. The van der Waals surface area contributed by atoms with E-state index in [1.54, 1.807) is 6.33 Å². The van der Waals surface area contributed by atoms with E-state index < -0.39 is 0 Å². The monoisotopic (exact) mass is 385 g/mol. The van der Waals surface area contributed by atoms with Gasteiger partial charge >= 0.3 is 0 Å². The minimum atomic E-state index is 0.387. The van der Waals surface area contributed by atoms with E-state index in [0.717, 1.165) is 47.6 Å². The van der Waals surface area contributed by atoms with Gasteiger partial charge in [-0.2, -0.15) is 5.26 Å². The number of aryl methyl sites for hydroxylation is 1. The second-order valence-corrected chi connectivity index (χ2v) is 7.10. The molecule has 0 N–H and O–H groups in total. The van der Waals surface area contributed by atoms with Crippen LogP contribution in [0.4, 0.5) is 11.5 Å². The highest BCUT2D eigenvalue weighted by molar-refractivity contribution is 9.10. The molecule has 124 valence electrons. The first-order valence-electron chi connectivity index (χ1n) is 8.04. The molecular weight excluding hydrogens is 366 g/mol. The van der Waals surface area contributed by atoms with Crippen LogP contribution in [0.15, 0.2) is 35.1 Å². The van der Waals surface area contributed by atoms with Gasteiger partial charge in [-0.05, 0) is 38.0 Å². The highest BCUT2D eigenvalue weighted by atomic mass is 79.9. The number of piperidine rings is 1. The number of nitriles is 1. The van der Waals surface area contributed by atoms with E-state index in [0.29, 0.717) is 11.6 Å². The van der Waals surface area contributed by atoms with Gasteiger partial charge in [0.05, 0.1) is 11.6 Å². The van der Waals surface area contributed by atoms with Crippen molar-refractivity contribution in [1.82, 2.24) is 9.97 Å². The molecule has 2 heterocycles. The molecule has 5 nitrogen and oxygen atoms in total. The van der Waals surface area contributed by atoms with Crippen molar-refractivity contribution < 1.29 is 0 Å². The number of benzene rings is 1. The Morgan fingerprint density at radius 1 is 1.29 bits per heavy atom. The molecule has 1 saturated heterocycles. The van der Waals surface area contributed by atoms with Crippen LogP contribution in [-0.4, -0.2) is 36.1 Å². The zero-order valence-corrected chi connectivity index (χ0v) is 15.5. The molecule has 24 heavy (non-hydrogen) atoms. The average Bonchev–Trinajstić information content (AvgIpc) is 2.60. The molecule has 1 aromatic heterocycles. The van der Waals surface area contributed by atoms with Gasteiger partial charge in [0.2, 0.25) is 0 Å². The lowest BCUT2D eigenvalue weighted by molar-refractivity contribution is 0.485. The highest BCUT2D eigenvalue weighted by Crippen LogP contribution is 2.27. The van der Waals surface area contributed by atoms with Gasteiger partial charge in [0.25, 0.3) is 0 Å². The molecule has 0 aliphatic carbocycles. The zero-order chi connectivity index (χ0) is 17.1. The number of aromatic nitrogens is 2. The molecule has 1 fully saturated rings. The molecule has 0 bridgehead atoms. The molecule has 1 aromatic carbocycles. The van der Waals surface area contributed by atoms with Crippen molar-refractivity contribution in [3.8, 4) is 6.07 Å². The van der Waals surface area contributed by atoms with Crippen LogP contribution >= 0.6 is 15.9 Å². The number of rotatable bonds is 3. The molecule has 0 saturated carbocycles. The lowest BCUT2D eigenvalue weighted by atomic mass is 10.0. The smallest absolute Gasteiger partial charge is 0.132 e. The first-order valence-corrected chi connectivity index (χ1v) is 8.83. The fourth-order valence-electron chi connectivity index (χ4n) is 3.15. The Morgan fingerprint density at radius 2 is 2.12 bits per heavy atom. The molecule has 1 aliphatic rings. The van der Waals surface area contributed by atoms with Crippen LogP contribution in [0.3, 0.4) is 0 Å². The lowest BCUT2D eigenvalue weighted by Crippen LogP contribution is -2.47. The summed E-state index contributed by atoms with van der Waals surface area (Å²) < 4.78 is 0.943. The van der Waals surface area contributed by atoms with Crippen LogP contribution in [0.25, 0.3) is 0 Å². The molecule has 0 radical (unpaired) electrons. The third-order valence-electron chi connectivity index (χ3n) is 4.47. The summed E-state index contributed by atoms with van der Waals surface area (Å²) in [5.41, 5.74) is 2.75. The molecule has 1 unspecified atom stereocenters. The summed E-state index contributed by atoms with van der Waals surface area (Å²) in [5, 5.41) is 9.19. The van der Waals surface area contributed by atoms with Crippen LogP contribution in [0.5, 0.6) is 0 Å². The summed E-state index contributed by atoms with van der Waals surface area (Å²) in [6, 6.07) is 10.5. The van der Waals surface area contributed by atoms with Crippen LogP contribution in [0.2, 0.25) is 0 Å². The summed E-state index contributed by atoms with van der Waals surface area (Å²) in [6.45, 7) is 3.91. The Kier molecular flexibility index (Phi) is 5.00. The van der Waals surface area contributed by atoms with E-state index in [9.17, 15) is 5.26 Å². The van der Waals surface area contributed by atoms with Gasteiger partial charge in [-0.3, -0.25) is 0 Å². The molecule has 1 aliphatic heterocycles. The van der Waals surface area contributed by atoms with Crippen molar-refractivity contribution in [3.63, 3.8) is 0 Å². The fraction of sp³-hybridized carbons (Fsp3) is 0.389. The van der Waals surface area contributed by atoms with Gasteiger partial charge in [0.1, 0.15) is 12.1 Å². The van der Waals surface area contributed by atoms with Crippen LogP contribution in [0, 0.1) is 18.3 Å². The number of halogens is 1. The van der Waals surface area contributed by atoms with E-state index in [1.165, 1.54) is 0 Å². The molecule has 0 spiro atoms. The largest absolute Gasteiger partial charge is 0.369 e. The third-order valence-corrected chi connectivity index (χ3v) is 4.93. The standard InChI is InChI=1S/C18H20BrN5/c1-13-6-18(22-12-21-13)23(2)16-4-3-5-24(11-16)17-8-14(10-20)7-15(19)9-17/h6-9,12,16H,3-5,11H2,1-2H3. The Morgan fingerprint density at radius 3 is 2.88 bits per heavy atom. The maximum absolute atomic E-state index is 9.19. The summed E-state index contributed by atoms with van der Waals surface area (Å²) in [5.74, 6) is 0.960. The van der Waals surface area contributed by atoms with Crippen molar-refractivity contribution >= 4 is 27.4 Å². The Balaban J connectivity index is 1.79. The van der Waals surface area contributed by atoms with E-state index in [1.807, 2.05) is 25.1 Å². The zero-order valence-electron chi connectivity index (χ0n) is 13.9. The van der Waals surface area contributed by atoms with E-state index in [2.05, 4.69) is 54.9 Å². The van der Waals surface area contributed by atoms with Gasteiger partial charge in [-0.25, -0.2) is 9.97 Å². The first kappa shape index (κ1) is 16.7. The van der Waals surface area contributed by atoms with Crippen LogP contribution in [-0.2, 0) is 0 Å². The van der Waals surface area contributed by atoms with Crippen LogP contribution in [0.1, 0.15) is 24.1 Å². The molecule has 3 rings (SSSR count). The Bertz CT molecular complexity index is 770. The predicted octanol–water partition coefficient (Wildman–Crippen LogP) is 3.52. The SMILES string of the molecule is Cc1cc(N(C)C2CCCN(c3cc(Br)cc(C#N)c3)C2)ncn1. The number of hydrogen-bond acceptors (Lipinski definition) is 5. The lowest BCUT2D eigenvalue weighted by Gasteiger charge is -2.39. The van der Waals surface area contributed by atoms with Gasteiger partial charge in [-0.1, -0.05) is 15.9 Å². The molecular formula is C18H20BrN5. The van der Waals surface area contributed by atoms with Crippen LogP contribution < -0.4 is 9.80 Å². The number of anilines is 2. The summed E-state index contributed by atoms with van der Waals surface area (Å²) >= 11 is 3.50. The van der Waals surface area contributed by atoms with Gasteiger partial charge in [0, 0.05) is 48.1 Å².